The van der Waals surface area contributed by atoms with Gasteiger partial charge in [-0.25, -0.2) is 0 Å². The Morgan fingerprint density at radius 3 is 2.82 bits per heavy atom. The van der Waals surface area contributed by atoms with E-state index in [0.717, 1.165) is 21.3 Å². The van der Waals surface area contributed by atoms with Gasteiger partial charge in [0.15, 0.2) is 5.78 Å². The van der Waals surface area contributed by atoms with E-state index < -0.39 is 0 Å². The third-order valence-corrected chi connectivity index (χ3v) is 3.06. The van der Waals surface area contributed by atoms with E-state index >= 15 is 0 Å². The summed E-state index contributed by atoms with van der Waals surface area (Å²) in [5.41, 5.74) is 2.55. The van der Waals surface area contributed by atoms with Gasteiger partial charge in [0, 0.05) is 21.9 Å². The Morgan fingerprint density at radius 1 is 1.29 bits per heavy atom. The molecule has 0 radical (unpaired) electrons. The van der Waals surface area contributed by atoms with Gasteiger partial charge in [-0.3, -0.25) is 9.78 Å². The van der Waals surface area contributed by atoms with Crippen molar-refractivity contribution >= 4 is 21.7 Å². The summed E-state index contributed by atoms with van der Waals surface area (Å²) < 4.78 is 0.924. The lowest BCUT2D eigenvalue weighted by Crippen LogP contribution is -2.06. The van der Waals surface area contributed by atoms with E-state index in [0.29, 0.717) is 6.42 Å². The molecule has 0 saturated carbocycles. The summed E-state index contributed by atoms with van der Waals surface area (Å²) in [5, 5.41) is 0. The first kappa shape index (κ1) is 12.0. The van der Waals surface area contributed by atoms with Crippen molar-refractivity contribution in [3.05, 3.63) is 63.9 Å². The molecule has 1 aromatic carbocycles. The maximum Gasteiger partial charge on any atom is 0.169 e. The van der Waals surface area contributed by atoms with Gasteiger partial charge in [0.2, 0.25) is 0 Å². The first-order chi connectivity index (χ1) is 8.16. The van der Waals surface area contributed by atoms with E-state index in [-0.39, 0.29) is 5.78 Å². The van der Waals surface area contributed by atoms with Crippen LogP contribution in [0.2, 0.25) is 0 Å². The largest absolute Gasteiger partial charge is 0.294 e. The normalized spacial score (nSPS) is 10.2. The summed E-state index contributed by atoms with van der Waals surface area (Å²) in [6, 6.07) is 11.3. The third kappa shape index (κ3) is 3.01. The van der Waals surface area contributed by atoms with E-state index in [9.17, 15) is 4.79 Å². The molecule has 0 aliphatic carbocycles. The van der Waals surface area contributed by atoms with Crippen molar-refractivity contribution in [3.8, 4) is 0 Å². The highest BCUT2D eigenvalue weighted by Crippen LogP contribution is 2.17. The minimum Gasteiger partial charge on any atom is -0.294 e. The van der Waals surface area contributed by atoms with Gasteiger partial charge in [0.25, 0.3) is 0 Å². The molecular weight excluding hydrogens is 278 g/mol. The lowest BCUT2D eigenvalue weighted by molar-refractivity contribution is 0.0991. The minimum absolute atomic E-state index is 0.0995. The number of rotatable bonds is 3. The zero-order valence-electron chi connectivity index (χ0n) is 9.48. The molecule has 1 aromatic heterocycles. The average molecular weight is 290 g/mol. The second-order valence-corrected chi connectivity index (χ2v) is 4.80. The molecule has 0 amide bonds. The first-order valence-electron chi connectivity index (χ1n) is 5.36. The molecule has 0 fully saturated rings. The highest BCUT2D eigenvalue weighted by molar-refractivity contribution is 9.10. The van der Waals surface area contributed by atoms with Crippen molar-refractivity contribution < 1.29 is 4.79 Å². The number of carbonyl (C=O) groups is 1. The number of halogens is 1. The number of nitrogens with zero attached hydrogens (tertiary/aromatic N) is 1. The summed E-state index contributed by atoms with van der Waals surface area (Å²) in [6.45, 7) is 1.94. The highest BCUT2D eigenvalue weighted by atomic mass is 79.9. The number of benzene rings is 1. The molecule has 2 rings (SSSR count). The molecule has 0 N–H and O–H groups in total. The van der Waals surface area contributed by atoms with Gasteiger partial charge in [-0.1, -0.05) is 28.1 Å². The van der Waals surface area contributed by atoms with Crippen LogP contribution in [-0.2, 0) is 6.42 Å². The van der Waals surface area contributed by atoms with Crippen LogP contribution in [0.1, 0.15) is 21.6 Å². The molecule has 1 heterocycles. The number of aryl methyl sites for hydroxylation is 1. The fraction of sp³-hybridized carbons (Fsp3) is 0.143. The van der Waals surface area contributed by atoms with Crippen molar-refractivity contribution in [2.75, 3.05) is 0 Å². The number of carbonyl (C=O) groups excluding carboxylic acids is 1. The van der Waals surface area contributed by atoms with Crippen LogP contribution in [0.3, 0.4) is 0 Å². The van der Waals surface area contributed by atoms with Crippen LogP contribution in [-0.4, -0.2) is 10.8 Å². The van der Waals surface area contributed by atoms with Gasteiger partial charge in [-0.05, 0) is 36.8 Å². The van der Waals surface area contributed by atoms with Crippen LogP contribution in [0.4, 0.5) is 0 Å². The van der Waals surface area contributed by atoms with E-state index in [1.54, 1.807) is 6.20 Å². The molecule has 2 nitrogen and oxygen atoms in total. The third-order valence-electron chi connectivity index (χ3n) is 2.57. The van der Waals surface area contributed by atoms with Crippen LogP contribution in [0.5, 0.6) is 0 Å². The van der Waals surface area contributed by atoms with E-state index in [1.807, 2.05) is 43.3 Å². The Hall–Kier alpha value is -1.48. The molecule has 17 heavy (non-hydrogen) atoms. The fourth-order valence-electron chi connectivity index (χ4n) is 1.66. The monoisotopic (exact) mass is 289 g/mol. The van der Waals surface area contributed by atoms with Gasteiger partial charge in [0.1, 0.15) is 0 Å². The standard InChI is InChI=1S/C14H12BrNO/c1-10-5-6-11(15)8-13(10)14(17)9-12-4-2-3-7-16-12/h2-8H,9H2,1H3. The van der Waals surface area contributed by atoms with Gasteiger partial charge in [-0.2, -0.15) is 0 Å². The Labute approximate surface area is 109 Å². The van der Waals surface area contributed by atoms with Gasteiger partial charge in [-0.15, -0.1) is 0 Å². The molecule has 0 atom stereocenters. The fourth-order valence-corrected chi connectivity index (χ4v) is 2.02. The number of hydrogen-bond donors (Lipinski definition) is 0. The molecule has 0 spiro atoms. The number of ketones is 1. The Balaban J connectivity index is 2.23. The predicted octanol–water partition coefficient (Wildman–Crippen LogP) is 3.58. The van der Waals surface area contributed by atoms with Crippen LogP contribution in [0.15, 0.2) is 47.1 Å². The van der Waals surface area contributed by atoms with Gasteiger partial charge < -0.3 is 0 Å². The van der Waals surface area contributed by atoms with Crippen LogP contribution in [0, 0.1) is 6.92 Å². The molecule has 2 aromatic rings. The minimum atomic E-state index is 0.0995. The van der Waals surface area contributed by atoms with Crippen molar-refractivity contribution in [1.82, 2.24) is 4.98 Å². The summed E-state index contributed by atoms with van der Waals surface area (Å²) in [4.78, 5) is 16.3. The van der Waals surface area contributed by atoms with Gasteiger partial charge >= 0.3 is 0 Å². The highest BCUT2D eigenvalue weighted by Gasteiger charge is 2.10. The second-order valence-electron chi connectivity index (χ2n) is 3.88. The van der Waals surface area contributed by atoms with E-state index in [4.69, 9.17) is 0 Å². The molecule has 0 saturated heterocycles. The molecule has 86 valence electrons. The molecule has 0 aliphatic rings. The van der Waals surface area contributed by atoms with Crippen LogP contribution in [0.25, 0.3) is 0 Å². The van der Waals surface area contributed by atoms with Crippen LogP contribution < -0.4 is 0 Å². The number of Topliss-reactive ketones (excluding diaryl/α,β-unsaturated/α-hetero) is 1. The molecule has 0 bridgehead atoms. The van der Waals surface area contributed by atoms with Crippen molar-refractivity contribution in [1.29, 1.82) is 0 Å². The number of hydrogen-bond acceptors (Lipinski definition) is 2. The van der Waals surface area contributed by atoms with E-state index in [2.05, 4.69) is 20.9 Å². The van der Waals surface area contributed by atoms with Crippen molar-refractivity contribution in [2.45, 2.75) is 13.3 Å². The van der Waals surface area contributed by atoms with Crippen molar-refractivity contribution in [3.63, 3.8) is 0 Å². The maximum atomic E-state index is 12.1. The zero-order valence-corrected chi connectivity index (χ0v) is 11.1. The molecule has 0 aliphatic heterocycles. The first-order valence-corrected chi connectivity index (χ1v) is 6.15. The smallest absolute Gasteiger partial charge is 0.169 e. The lowest BCUT2D eigenvalue weighted by atomic mass is 10.0. The number of aromatic nitrogens is 1. The van der Waals surface area contributed by atoms with Crippen molar-refractivity contribution in [2.24, 2.45) is 0 Å². The van der Waals surface area contributed by atoms with Crippen LogP contribution >= 0.6 is 15.9 Å². The molecule has 3 heteroatoms. The number of pyridine rings is 1. The zero-order chi connectivity index (χ0) is 12.3. The second kappa shape index (κ2) is 5.23. The summed E-state index contributed by atoms with van der Waals surface area (Å²) in [6.07, 6.45) is 2.05. The predicted molar refractivity (Wildman–Crippen MR) is 71.2 cm³/mol. The summed E-state index contributed by atoms with van der Waals surface area (Å²) >= 11 is 3.38. The molecular formula is C14H12BrNO. The Kier molecular flexibility index (Phi) is 3.69. The Bertz CT molecular complexity index is 537. The molecule has 0 unspecified atom stereocenters. The summed E-state index contributed by atoms with van der Waals surface area (Å²) in [5.74, 6) is 0.0995. The average Bonchev–Trinajstić information content (AvgIpc) is 2.33. The lowest BCUT2D eigenvalue weighted by Gasteiger charge is -2.05. The van der Waals surface area contributed by atoms with Gasteiger partial charge in [0.05, 0.1) is 6.42 Å². The summed E-state index contributed by atoms with van der Waals surface area (Å²) in [7, 11) is 0. The SMILES string of the molecule is Cc1ccc(Br)cc1C(=O)Cc1ccccn1. The Morgan fingerprint density at radius 2 is 2.12 bits per heavy atom. The van der Waals surface area contributed by atoms with E-state index in [1.165, 1.54) is 0 Å². The topological polar surface area (TPSA) is 30.0 Å². The maximum absolute atomic E-state index is 12.1. The quantitative estimate of drug-likeness (QED) is 0.809.